The molecular formula is C13H12Br2N4O. The topological polar surface area (TPSA) is 83.5 Å². The van der Waals surface area contributed by atoms with Gasteiger partial charge < -0.3 is 16.3 Å². The number of amidine groups is 1. The molecule has 0 spiro atoms. The van der Waals surface area contributed by atoms with E-state index < -0.39 is 0 Å². The highest BCUT2D eigenvalue weighted by molar-refractivity contribution is 9.11. The molecular weight excluding hydrogens is 388 g/mol. The highest BCUT2D eigenvalue weighted by Gasteiger charge is 2.06. The first-order valence-electron chi connectivity index (χ1n) is 5.72. The van der Waals surface area contributed by atoms with E-state index in [-0.39, 0.29) is 5.84 Å². The number of oxime groups is 1. The molecule has 0 radical (unpaired) electrons. The Hall–Kier alpha value is -1.60. The van der Waals surface area contributed by atoms with Crippen molar-refractivity contribution in [3.8, 4) is 0 Å². The Balaban J connectivity index is 2.15. The van der Waals surface area contributed by atoms with Gasteiger partial charge in [0.15, 0.2) is 5.84 Å². The SMILES string of the molecule is N/C(=N/O)c1cc(CNc2c(Br)cccc2Br)ccn1. The molecule has 5 nitrogen and oxygen atoms in total. The van der Waals surface area contributed by atoms with Crippen molar-refractivity contribution in [3.63, 3.8) is 0 Å². The normalized spacial score (nSPS) is 11.4. The van der Waals surface area contributed by atoms with E-state index in [9.17, 15) is 0 Å². The summed E-state index contributed by atoms with van der Waals surface area (Å²) >= 11 is 6.99. The van der Waals surface area contributed by atoms with Crippen LogP contribution in [0.4, 0.5) is 5.69 Å². The van der Waals surface area contributed by atoms with Crippen molar-refractivity contribution >= 4 is 43.4 Å². The first-order valence-corrected chi connectivity index (χ1v) is 7.31. The number of halogens is 2. The van der Waals surface area contributed by atoms with E-state index in [1.165, 1.54) is 0 Å². The highest BCUT2D eigenvalue weighted by atomic mass is 79.9. The van der Waals surface area contributed by atoms with E-state index in [0.717, 1.165) is 20.2 Å². The van der Waals surface area contributed by atoms with E-state index in [4.69, 9.17) is 10.9 Å². The number of anilines is 1. The Labute approximate surface area is 133 Å². The Morgan fingerprint density at radius 1 is 1.30 bits per heavy atom. The predicted molar refractivity (Wildman–Crippen MR) is 85.9 cm³/mol. The number of aromatic nitrogens is 1. The minimum absolute atomic E-state index is 0.00563. The quantitative estimate of drug-likeness (QED) is 0.318. The largest absolute Gasteiger partial charge is 0.409 e. The van der Waals surface area contributed by atoms with Crippen LogP contribution >= 0.6 is 31.9 Å². The van der Waals surface area contributed by atoms with Gasteiger partial charge in [-0.05, 0) is 61.7 Å². The molecule has 0 atom stereocenters. The lowest BCUT2D eigenvalue weighted by Gasteiger charge is -2.11. The number of para-hydroxylation sites is 1. The molecule has 0 saturated carbocycles. The van der Waals surface area contributed by atoms with Crippen molar-refractivity contribution in [2.45, 2.75) is 6.54 Å². The van der Waals surface area contributed by atoms with E-state index in [1.807, 2.05) is 24.3 Å². The molecule has 0 unspecified atom stereocenters. The summed E-state index contributed by atoms with van der Waals surface area (Å²) in [6.45, 7) is 0.593. The Bertz CT molecular complexity index is 626. The number of nitrogens with one attached hydrogen (secondary N) is 1. The number of pyridine rings is 1. The van der Waals surface area contributed by atoms with Crippen LogP contribution in [0.2, 0.25) is 0 Å². The predicted octanol–water partition coefficient (Wildman–Crippen LogP) is 3.31. The third-order valence-electron chi connectivity index (χ3n) is 2.63. The van der Waals surface area contributed by atoms with Crippen LogP contribution in [0, 0.1) is 0 Å². The van der Waals surface area contributed by atoms with Crippen molar-refractivity contribution in [3.05, 3.63) is 56.7 Å². The van der Waals surface area contributed by atoms with E-state index in [2.05, 4.69) is 47.3 Å². The fourth-order valence-electron chi connectivity index (χ4n) is 1.63. The maximum Gasteiger partial charge on any atom is 0.188 e. The monoisotopic (exact) mass is 398 g/mol. The maximum atomic E-state index is 8.65. The van der Waals surface area contributed by atoms with Gasteiger partial charge in [0, 0.05) is 21.7 Å². The number of rotatable bonds is 4. The molecule has 0 aliphatic rings. The van der Waals surface area contributed by atoms with Gasteiger partial charge in [-0.15, -0.1) is 0 Å². The first-order chi connectivity index (χ1) is 9.61. The fraction of sp³-hybridized carbons (Fsp3) is 0.0769. The van der Waals surface area contributed by atoms with Crippen LogP contribution in [0.5, 0.6) is 0 Å². The molecule has 2 rings (SSSR count). The zero-order valence-electron chi connectivity index (χ0n) is 10.3. The number of hydrogen-bond acceptors (Lipinski definition) is 4. The van der Waals surface area contributed by atoms with Gasteiger partial charge in [0.05, 0.1) is 5.69 Å². The van der Waals surface area contributed by atoms with Crippen LogP contribution in [0.1, 0.15) is 11.3 Å². The van der Waals surface area contributed by atoms with Gasteiger partial charge in [-0.2, -0.15) is 0 Å². The van der Waals surface area contributed by atoms with Gasteiger partial charge in [-0.3, -0.25) is 4.98 Å². The lowest BCUT2D eigenvalue weighted by molar-refractivity contribution is 0.318. The number of nitrogens with two attached hydrogens (primary N) is 1. The highest BCUT2D eigenvalue weighted by Crippen LogP contribution is 2.30. The Morgan fingerprint density at radius 2 is 2.00 bits per heavy atom. The summed E-state index contributed by atoms with van der Waals surface area (Å²) in [6, 6.07) is 9.50. The van der Waals surface area contributed by atoms with E-state index in [0.29, 0.717) is 12.2 Å². The van der Waals surface area contributed by atoms with Crippen molar-refractivity contribution in [1.29, 1.82) is 0 Å². The molecule has 0 fully saturated rings. The second-order valence-corrected chi connectivity index (χ2v) is 5.69. The minimum atomic E-state index is -0.00563. The van der Waals surface area contributed by atoms with Crippen LogP contribution in [0.15, 0.2) is 50.6 Å². The molecule has 4 N–H and O–H groups in total. The smallest absolute Gasteiger partial charge is 0.188 e. The summed E-state index contributed by atoms with van der Waals surface area (Å²) in [5.41, 5.74) is 7.91. The first kappa shape index (κ1) is 14.8. The Morgan fingerprint density at radius 3 is 2.65 bits per heavy atom. The van der Waals surface area contributed by atoms with Gasteiger partial charge in [-0.1, -0.05) is 11.2 Å². The molecule has 0 amide bonds. The number of benzene rings is 1. The summed E-state index contributed by atoms with van der Waals surface area (Å²) in [7, 11) is 0. The van der Waals surface area contributed by atoms with Gasteiger partial charge in [0.2, 0.25) is 0 Å². The van der Waals surface area contributed by atoms with Crippen LogP contribution in [0.25, 0.3) is 0 Å². The molecule has 0 aliphatic heterocycles. The summed E-state index contributed by atoms with van der Waals surface area (Å²) in [6.07, 6.45) is 1.62. The van der Waals surface area contributed by atoms with Crippen molar-refractivity contribution in [2.75, 3.05) is 5.32 Å². The summed E-state index contributed by atoms with van der Waals surface area (Å²) in [5.74, 6) is -0.00563. The minimum Gasteiger partial charge on any atom is -0.409 e. The molecule has 1 aromatic heterocycles. The molecule has 7 heteroatoms. The molecule has 1 aromatic carbocycles. The van der Waals surface area contributed by atoms with Crippen LogP contribution in [-0.4, -0.2) is 16.0 Å². The zero-order chi connectivity index (χ0) is 14.5. The molecule has 20 heavy (non-hydrogen) atoms. The lowest BCUT2D eigenvalue weighted by atomic mass is 10.2. The summed E-state index contributed by atoms with van der Waals surface area (Å²) in [4.78, 5) is 4.04. The molecule has 104 valence electrons. The fourth-order valence-corrected chi connectivity index (χ4v) is 2.91. The van der Waals surface area contributed by atoms with E-state index >= 15 is 0 Å². The molecule has 0 saturated heterocycles. The van der Waals surface area contributed by atoms with Gasteiger partial charge in [0.1, 0.15) is 5.69 Å². The lowest BCUT2D eigenvalue weighted by Crippen LogP contribution is -2.15. The van der Waals surface area contributed by atoms with Crippen molar-refractivity contribution in [1.82, 2.24) is 4.98 Å². The zero-order valence-corrected chi connectivity index (χ0v) is 13.5. The third-order valence-corrected chi connectivity index (χ3v) is 3.95. The van der Waals surface area contributed by atoms with Gasteiger partial charge >= 0.3 is 0 Å². The second kappa shape index (κ2) is 6.71. The number of hydrogen-bond donors (Lipinski definition) is 3. The van der Waals surface area contributed by atoms with Gasteiger partial charge in [0.25, 0.3) is 0 Å². The standard InChI is InChI=1S/C13H12Br2N4O/c14-9-2-1-3-10(15)12(9)18-7-8-4-5-17-11(6-8)13(16)19-20/h1-6,18,20H,7H2,(H2,16,19). The summed E-state index contributed by atoms with van der Waals surface area (Å²) < 4.78 is 1.94. The molecule has 0 bridgehead atoms. The summed E-state index contributed by atoms with van der Waals surface area (Å²) in [5, 5.41) is 14.9. The van der Waals surface area contributed by atoms with Crippen LogP contribution < -0.4 is 11.1 Å². The van der Waals surface area contributed by atoms with E-state index in [1.54, 1.807) is 12.3 Å². The van der Waals surface area contributed by atoms with Gasteiger partial charge in [-0.25, -0.2) is 0 Å². The van der Waals surface area contributed by atoms with Crippen molar-refractivity contribution in [2.24, 2.45) is 10.9 Å². The maximum absolute atomic E-state index is 8.65. The third kappa shape index (κ3) is 3.49. The van der Waals surface area contributed by atoms with Crippen LogP contribution in [0.3, 0.4) is 0 Å². The van der Waals surface area contributed by atoms with Crippen LogP contribution in [-0.2, 0) is 6.54 Å². The van der Waals surface area contributed by atoms with Crippen molar-refractivity contribution < 1.29 is 5.21 Å². The molecule has 2 aromatic rings. The second-order valence-electron chi connectivity index (χ2n) is 3.98. The number of nitrogens with zero attached hydrogens (tertiary/aromatic N) is 2. The molecule has 0 aliphatic carbocycles. The average molecular weight is 400 g/mol. The average Bonchev–Trinajstić information content (AvgIpc) is 2.46. The molecule has 1 heterocycles. The Kier molecular flexibility index (Phi) is 4.97.